The van der Waals surface area contributed by atoms with E-state index in [4.69, 9.17) is 5.11 Å². The van der Waals surface area contributed by atoms with E-state index >= 15 is 0 Å². The highest BCUT2D eigenvalue weighted by molar-refractivity contribution is 7.90. The zero-order valence-corrected chi connectivity index (χ0v) is 10.1. The van der Waals surface area contributed by atoms with Crippen molar-refractivity contribution >= 4 is 16.0 Å². The first-order valence-corrected chi connectivity index (χ1v) is 6.93. The van der Waals surface area contributed by atoms with Crippen molar-refractivity contribution in [3.63, 3.8) is 0 Å². The molecule has 1 unspecified atom stereocenters. The fraction of sp³-hybridized carbons (Fsp3) is 0.889. The lowest BCUT2D eigenvalue weighted by Crippen LogP contribution is -2.39. The molecule has 6 nitrogen and oxygen atoms in total. The van der Waals surface area contributed by atoms with Crippen LogP contribution in [-0.4, -0.2) is 43.9 Å². The topological polar surface area (TPSA) is 95.5 Å². The van der Waals surface area contributed by atoms with Gasteiger partial charge >= 0.3 is 5.97 Å². The van der Waals surface area contributed by atoms with Crippen LogP contribution >= 0.6 is 0 Å². The summed E-state index contributed by atoms with van der Waals surface area (Å²) in [6, 6.07) is 0.350. The van der Waals surface area contributed by atoms with Gasteiger partial charge in [0, 0.05) is 12.6 Å². The Hall–Kier alpha value is -0.660. The molecule has 1 rings (SSSR count). The molecule has 0 saturated carbocycles. The Morgan fingerprint density at radius 1 is 1.62 bits per heavy atom. The monoisotopic (exact) mass is 250 g/mol. The number of aliphatic carboxylic acids is 1. The van der Waals surface area contributed by atoms with E-state index in [9.17, 15) is 13.2 Å². The molecule has 2 atom stereocenters. The number of sulfonamides is 1. The maximum absolute atomic E-state index is 11.4. The molecule has 0 aromatic heterocycles. The third kappa shape index (κ3) is 3.73. The highest BCUT2D eigenvalue weighted by Crippen LogP contribution is 2.08. The first-order chi connectivity index (χ1) is 7.43. The number of nitrogens with one attached hydrogen (secondary N) is 2. The summed E-state index contributed by atoms with van der Waals surface area (Å²) >= 11 is 0. The van der Waals surface area contributed by atoms with Crippen LogP contribution in [0.25, 0.3) is 0 Å². The van der Waals surface area contributed by atoms with Gasteiger partial charge in [-0.05, 0) is 32.7 Å². The van der Waals surface area contributed by atoms with Crippen LogP contribution in [0.4, 0.5) is 0 Å². The fourth-order valence-electron chi connectivity index (χ4n) is 1.64. The van der Waals surface area contributed by atoms with E-state index in [0.29, 0.717) is 12.5 Å². The van der Waals surface area contributed by atoms with Gasteiger partial charge in [0.2, 0.25) is 10.0 Å². The van der Waals surface area contributed by atoms with Gasteiger partial charge in [0.25, 0.3) is 0 Å². The van der Waals surface area contributed by atoms with E-state index in [0.717, 1.165) is 19.4 Å². The van der Waals surface area contributed by atoms with Crippen LogP contribution in [-0.2, 0) is 14.8 Å². The molecule has 94 valence electrons. The largest absolute Gasteiger partial charge is 0.480 e. The Balaban J connectivity index is 2.33. The average Bonchev–Trinajstić information content (AvgIpc) is 2.69. The van der Waals surface area contributed by atoms with Crippen LogP contribution in [0.3, 0.4) is 0 Å². The molecule has 0 amide bonds. The number of hydrogen-bond donors (Lipinski definition) is 3. The first kappa shape index (κ1) is 13.4. The first-order valence-electron chi connectivity index (χ1n) is 5.38. The summed E-state index contributed by atoms with van der Waals surface area (Å²) < 4.78 is 25.2. The Morgan fingerprint density at radius 3 is 2.81 bits per heavy atom. The summed E-state index contributed by atoms with van der Waals surface area (Å²) in [6.45, 7) is 2.43. The third-order valence-electron chi connectivity index (χ3n) is 2.77. The summed E-state index contributed by atoms with van der Waals surface area (Å²) in [7, 11) is -3.73. The predicted octanol–water partition coefficient (Wildman–Crippen LogP) is -0.479. The molecule has 1 heterocycles. The molecular weight excluding hydrogens is 232 g/mol. The van der Waals surface area contributed by atoms with Crippen molar-refractivity contribution in [3.8, 4) is 0 Å². The maximum atomic E-state index is 11.4. The molecule has 0 bridgehead atoms. The summed E-state index contributed by atoms with van der Waals surface area (Å²) in [4.78, 5) is 10.5. The summed E-state index contributed by atoms with van der Waals surface area (Å²) in [5, 5.41) is 10.4. The van der Waals surface area contributed by atoms with E-state index in [1.165, 1.54) is 6.92 Å². The SMILES string of the molecule is CC(C(=O)O)S(=O)(=O)NCC[C@@H]1CCCN1. The van der Waals surface area contributed by atoms with Gasteiger partial charge in [0.1, 0.15) is 0 Å². The van der Waals surface area contributed by atoms with E-state index in [1.807, 2.05) is 0 Å². The second-order valence-electron chi connectivity index (χ2n) is 4.00. The van der Waals surface area contributed by atoms with Gasteiger partial charge in [-0.2, -0.15) is 0 Å². The van der Waals surface area contributed by atoms with Crippen molar-refractivity contribution in [1.82, 2.24) is 10.0 Å². The van der Waals surface area contributed by atoms with Crippen molar-refractivity contribution < 1.29 is 18.3 Å². The Kier molecular flexibility index (Phi) is 4.69. The molecular formula is C9H18N2O4S. The number of carboxylic acid groups (broad SMARTS) is 1. The minimum atomic E-state index is -3.73. The van der Waals surface area contributed by atoms with Crippen molar-refractivity contribution in [1.29, 1.82) is 0 Å². The smallest absolute Gasteiger partial charge is 0.323 e. The Labute approximate surface area is 95.5 Å². The van der Waals surface area contributed by atoms with E-state index in [-0.39, 0.29) is 6.54 Å². The van der Waals surface area contributed by atoms with Crippen molar-refractivity contribution in [2.45, 2.75) is 37.5 Å². The van der Waals surface area contributed by atoms with Crippen LogP contribution in [0.5, 0.6) is 0 Å². The lowest BCUT2D eigenvalue weighted by Gasteiger charge is -2.12. The normalized spacial score (nSPS) is 23.2. The fourth-order valence-corrected chi connectivity index (χ4v) is 2.55. The lowest BCUT2D eigenvalue weighted by atomic mass is 10.2. The molecule has 1 aliphatic heterocycles. The summed E-state index contributed by atoms with van der Waals surface area (Å²) in [5.74, 6) is -1.33. The Morgan fingerprint density at radius 2 is 2.31 bits per heavy atom. The minimum Gasteiger partial charge on any atom is -0.480 e. The van der Waals surface area contributed by atoms with Crippen LogP contribution in [0, 0.1) is 0 Å². The van der Waals surface area contributed by atoms with Crippen molar-refractivity contribution in [2.24, 2.45) is 0 Å². The highest BCUT2D eigenvalue weighted by atomic mass is 32.2. The lowest BCUT2D eigenvalue weighted by molar-refractivity contribution is -0.136. The van der Waals surface area contributed by atoms with Crippen LogP contribution in [0.15, 0.2) is 0 Å². The molecule has 0 aliphatic carbocycles. The zero-order chi connectivity index (χ0) is 12.2. The van der Waals surface area contributed by atoms with E-state index in [2.05, 4.69) is 10.0 Å². The summed E-state index contributed by atoms with van der Waals surface area (Å²) in [5.41, 5.74) is 0. The van der Waals surface area contributed by atoms with Crippen molar-refractivity contribution in [2.75, 3.05) is 13.1 Å². The molecule has 0 aromatic rings. The number of hydrogen-bond acceptors (Lipinski definition) is 4. The zero-order valence-electron chi connectivity index (χ0n) is 9.27. The van der Waals surface area contributed by atoms with Gasteiger partial charge in [0.05, 0.1) is 0 Å². The van der Waals surface area contributed by atoms with Gasteiger partial charge < -0.3 is 10.4 Å². The maximum Gasteiger partial charge on any atom is 0.323 e. The standard InChI is InChI=1S/C9H18N2O4S/c1-7(9(12)13)16(14,15)11-6-4-8-3-2-5-10-8/h7-8,10-11H,2-6H2,1H3,(H,12,13)/t7?,8-/m0/s1. The number of carboxylic acids is 1. The molecule has 1 saturated heterocycles. The van der Waals surface area contributed by atoms with Crippen LogP contribution < -0.4 is 10.0 Å². The third-order valence-corrected chi connectivity index (χ3v) is 4.51. The van der Waals surface area contributed by atoms with Gasteiger partial charge in [0.15, 0.2) is 5.25 Å². The molecule has 7 heteroatoms. The Bertz CT molecular complexity index is 335. The van der Waals surface area contributed by atoms with Crippen molar-refractivity contribution in [3.05, 3.63) is 0 Å². The second-order valence-corrected chi connectivity index (χ2v) is 6.09. The molecule has 3 N–H and O–H groups in total. The molecule has 16 heavy (non-hydrogen) atoms. The van der Waals surface area contributed by atoms with Crippen LogP contribution in [0.2, 0.25) is 0 Å². The predicted molar refractivity (Wildman–Crippen MR) is 59.7 cm³/mol. The van der Waals surface area contributed by atoms with Gasteiger partial charge in [-0.1, -0.05) is 0 Å². The van der Waals surface area contributed by atoms with E-state index < -0.39 is 21.2 Å². The van der Waals surface area contributed by atoms with Gasteiger partial charge in [-0.25, -0.2) is 13.1 Å². The molecule has 1 fully saturated rings. The highest BCUT2D eigenvalue weighted by Gasteiger charge is 2.27. The molecule has 1 aliphatic rings. The minimum absolute atomic E-state index is 0.289. The molecule has 0 aromatic carbocycles. The van der Waals surface area contributed by atoms with Gasteiger partial charge in [-0.15, -0.1) is 0 Å². The second kappa shape index (κ2) is 5.60. The van der Waals surface area contributed by atoms with Crippen LogP contribution in [0.1, 0.15) is 26.2 Å². The van der Waals surface area contributed by atoms with Gasteiger partial charge in [-0.3, -0.25) is 4.79 Å². The number of carbonyl (C=O) groups is 1. The average molecular weight is 250 g/mol. The van der Waals surface area contributed by atoms with E-state index in [1.54, 1.807) is 0 Å². The molecule has 0 spiro atoms. The quantitative estimate of drug-likeness (QED) is 0.592. The summed E-state index contributed by atoms with van der Waals surface area (Å²) in [6.07, 6.45) is 2.87. The number of rotatable bonds is 6. The molecule has 0 radical (unpaired) electrons.